The first-order valence-corrected chi connectivity index (χ1v) is 15.0. The van der Waals surface area contributed by atoms with Crippen molar-refractivity contribution in [2.45, 2.75) is 32.5 Å². The van der Waals surface area contributed by atoms with Crippen LogP contribution in [0.5, 0.6) is 0 Å². The molecule has 0 atom stereocenters. The zero-order valence-electron chi connectivity index (χ0n) is 23.9. The summed E-state index contributed by atoms with van der Waals surface area (Å²) in [6, 6.07) is 17.1. The van der Waals surface area contributed by atoms with Crippen LogP contribution in [0.1, 0.15) is 39.7 Å². The maximum absolute atomic E-state index is 14.4. The molecule has 1 aliphatic heterocycles. The van der Waals surface area contributed by atoms with E-state index in [4.69, 9.17) is 0 Å². The summed E-state index contributed by atoms with van der Waals surface area (Å²) in [4.78, 5) is 20.6. The van der Waals surface area contributed by atoms with Gasteiger partial charge < -0.3 is 4.90 Å². The van der Waals surface area contributed by atoms with Crippen LogP contribution in [0.15, 0.2) is 77.7 Å². The number of alkyl halides is 3. The van der Waals surface area contributed by atoms with E-state index in [9.17, 15) is 18.0 Å². The van der Waals surface area contributed by atoms with Crippen molar-refractivity contribution in [3.8, 4) is 11.1 Å². The van der Waals surface area contributed by atoms with Crippen LogP contribution in [-0.2, 0) is 32.6 Å². The molecule has 0 saturated carbocycles. The van der Waals surface area contributed by atoms with Crippen molar-refractivity contribution in [3.63, 3.8) is 0 Å². The third-order valence-electron chi connectivity index (χ3n) is 8.18. The lowest BCUT2D eigenvalue weighted by molar-refractivity contribution is -0.140. The van der Waals surface area contributed by atoms with Gasteiger partial charge in [-0.1, -0.05) is 25.1 Å². The smallest absolute Gasteiger partial charge is 0.307 e. The zero-order chi connectivity index (χ0) is 30.7. The van der Waals surface area contributed by atoms with E-state index in [-0.39, 0.29) is 18.0 Å². The summed E-state index contributed by atoms with van der Waals surface area (Å²) in [5, 5.41) is 10.1. The standard InChI is InChI=1S/C33H26BrF3N6O/c1-3-19-12-25-29(8-10-38-30(25)27(34)15-19)42-11-9-22-23(26-18-41(2)40-31(26)33(35,36)37)13-20(14-24(22)32(42)44)17-43-28-7-5-4-6-21(28)16-39-43/h4-8,10,12-16,18H,3,9,11,17H2,1-2H3. The summed E-state index contributed by atoms with van der Waals surface area (Å²) < 4.78 is 46.4. The number of rotatable bonds is 5. The first kappa shape index (κ1) is 28.3. The van der Waals surface area contributed by atoms with Crippen LogP contribution in [0, 0.1) is 0 Å². The number of carbonyl (C=O) groups is 1. The second-order valence-corrected chi connectivity index (χ2v) is 11.8. The number of aromatic nitrogens is 5. The van der Waals surface area contributed by atoms with Gasteiger partial charge in [0.05, 0.1) is 29.5 Å². The molecule has 6 aromatic rings. The van der Waals surface area contributed by atoms with Crippen LogP contribution in [0.4, 0.5) is 18.9 Å². The number of hydrogen-bond acceptors (Lipinski definition) is 4. The summed E-state index contributed by atoms with van der Waals surface area (Å²) in [6.07, 6.45) is 1.31. The number of halogens is 4. The van der Waals surface area contributed by atoms with E-state index >= 15 is 0 Å². The molecule has 3 aromatic heterocycles. The highest BCUT2D eigenvalue weighted by atomic mass is 79.9. The molecule has 0 unspecified atom stereocenters. The van der Waals surface area contributed by atoms with Gasteiger partial charge in [-0.3, -0.25) is 19.1 Å². The van der Waals surface area contributed by atoms with Gasteiger partial charge in [-0.05, 0) is 87.4 Å². The first-order chi connectivity index (χ1) is 21.1. The summed E-state index contributed by atoms with van der Waals surface area (Å²) in [6.45, 7) is 2.63. The van der Waals surface area contributed by atoms with E-state index in [1.165, 1.54) is 17.9 Å². The topological polar surface area (TPSA) is 68.8 Å². The minimum Gasteiger partial charge on any atom is -0.307 e. The fourth-order valence-electron chi connectivity index (χ4n) is 6.14. The monoisotopic (exact) mass is 658 g/mol. The molecule has 222 valence electrons. The lowest BCUT2D eigenvalue weighted by Gasteiger charge is -2.31. The van der Waals surface area contributed by atoms with Crippen molar-refractivity contribution < 1.29 is 18.0 Å². The molecular weight excluding hydrogens is 633 g/mol. The summed E-state index contributed by atoms with van der Waals surface area (Å²) in [5.74, 6) is -0.275. The number of nitrogens with zero attached hydrogens (tertiary/aromatic N) is 6. The second-order valence-electron chi connectivity index (χ2n) is 11.0. The maximum atomic E-state index is 14.4. The molecule has 7 nitrogen and oxygen atoms in total. The molecular formula is C33H26BrF3N6O. The Balaban J connectivity index is 1.40. The minimum absolute atomic E-state index is 0.0458. The van der Waals surface area contributed by atoms with Crippen molar-refractivity contribution in [1.82, 2.24) is 24.5 Å². The van der Waals surface area contributed by atoms with E-state index in [0.717, 1.165) is 38.3 Å². The van der Waals surface area contributed by atoms with Crippen LogP contribution in [0.25, 0.3) is 32.9 Å². The van der Waals surface area contributed by atoms with Crippen molar-refractivity contribution in [2.24, 2.45) is 7.05 Å². The Morgan fingerprint density at radius 1 is 1.00 bits per heavy atom. The fraction of sp³-hybridized carbons (Fsp3) is 0.212. The Hall–Kier alpha value is -4.51. The van der Waals surface area contributed by atoms with Crippen molar-refractivity contribution in [3.05, 3.63) is 106 Å². The number of benzene rings is 3. The molecule has 4 heterocycles. The van der Waals surface area contributed by atoms with E-state index in [0.29, 0.717) is 40.9 Å². The molecule has 0 spiro atoms. The normalized spacial score (nSPS) is 13.7. The number of pyridine rings is 1. The fourth-order valence-corrected chi connectivity index (χ4v) is 6.75. The third-order valence-corrected chi connectivity index (χ3v) is 8.78. The second kappa shape index (κ2) is 10.6. The van der Waals surface area contributed by atoms with Crippen LogP contribution in [-0.4, -0.2) is 37.0 Å². The maximum Gasteiger partial charge on any atom is 0.435 e. The molecule has 0 aliphatic carbocycles. The third kappa shape index (κ3) is 4.75. The SMILES string of the molecule is CCc1cc(Br)c2nccc(N3CCc4c(cc(Cn5ncc6ccccc65)cc4-c4cn(C)nc4C(F)(F)F)C3=O)c2c1. The molecule has 44 heavy (non-hydrogen) atoms. The van der Waals surface area contributed by atoms with Crippen LogP contribution in [0.3, 0.4) is 0 Å². The number of para-hydroxylation sites is 1. The number of anilines is 1. The van der Waals surface area contributed by atoms with Crippen molar-refractivity contribution in [2.75, 3.05) is 11.4 Å². The zero-order valence-corrected chi connectivity index (χ0v) is 25.4. The molecule has 11 heteroatoms. The predicted molar refractivity (Wildman–Crippen MR) is 167 cm³/mol. The molecule has 0 fully saturated rings. The molecule has 3 aromatic carbocycles. The minimum atomic E-state index is -4.66. The highest BCUT2D eigenvalue weighted by Gasteiger charge is 2.39. The number of amides is 1. The van der Waals surface area contributed by atoms with Gasteiger partial charge in [0.15, 0.2) is 5.69 Å². The highest BCUT2D eigenvalue weighted by molar-refractivity contribution is 9.10. The largest absolute Gasteiger partial charge is 0.435 e. The van der Waals surface area contributed by atoms with Gasteiger partial charge in [-0.2, -0.15) is 23.4 Å². The number of aryl methyl sites for hydroxylation is 2. The molecule has 0 N–H and O–H groups in total. The van der Waals surface area contributed by atoms with E-state index in [1.807, 2.05) is 42.5 Å². The summed E-state index contributed by atoms with van der Waals surface area (Å²) in [7, 11) is 1.47. The van der Waals surface area contributed by atoms with Crippen molar-refractivity contribution >= 4 is 49.3 Å². The summed E-state index contributed by atoms with van der Waals surface area (Å²) in [5.41, 5.74) is 4.38. The van der Waals surface area contributed by atoms with Gasteiger partial charge in [0.2, 0.25) is 0 Å². The van der Waals surface area contributed by atoms with Gasteiger partial charge in [-0.25, -0.2) is 0 Å². The Kier molecular flexibility index (Phi) is 6.80. The van der Waals surface area contributed by atoms with Crippen molar-refractivity contribution in [1.29, 1.82) is 0 Å². The Morgan fingerprint density at radius 3 is 2.59 bits per heavy atom. The molecule has 0 radical (unpaired) electrons. The van der Waals surface area contributed by atoms with Crippen LogP contribution < -0.4 is 4.90 Å². The van der Waals surface area contributed by atoms with Gasteiger partial charge >= 0.3 is 6.18 Å². The van der Waals surface area contributed by atoms with E-state index in [1.54, 1.807) is 34.1 Å². The lowest BCUT2D eigenvalue weighted by Crippen LogP contribution is -2.38. The predicted octanol–water partition coefficient (Wildman–Crippen LogP) is 7.58. The number of hydrogen-bond donors (Lipinski definition) is 0. The summed E-state index contributed by atoms with van der Waals surface area (Å²) >= 11 is 3.63. The average molecular weight is 660 g/mol. The quantitative estimate of drug-likeness (QED) is 0.192. The highest BCUT2D eigenvalue weighted by Crippen LogP contribution is 2.41. The van der Waals surface area contributed by atoms with E-state index in [2.05, 4.69) is 38.0 Å². The Morgan fingerprint density at radius 2 is 1.80 bits per heavy atom. The number of fused-ring (bicyclic) bond motifs is 3. The average Bonchev–Trinajstić information content (AvgIpc) is 3.60. The van der Waals surface area contributed by atoms with E-state index < -0.39 is 11.9 Å². The van der Waals surface area contributed by atoms with Gasteiger partial charge in [0.25, 0.3) is 5.91 Å². The number of carbonyl (C=O) groups excluding carboxylic acids is 1. The van der Waals surface area contributed by atoms with Gasteiger partial charge in [-0.15, -0.1) is 0 Å². The van der Waals surface area contributed by atoms with Gasteiger partial charge in [0, 0.05) is 52.4 Å². The molecule has 1 aliphatic rings. The van der Waals surface area contributed by atoms with Gasteiger partial charge in [0.1, 0.15) is 0 Å². The first-order valence-electron chi connectivity index (χ1n) is 14.2. The molecule has 7 rings (SSSR count). The molecule has 0 bridgehead atoms. The lowest BCUT2D eigenvalue weighted by atomic mass is 9.87. The van der Waals surface area contributed by atoms with Crippen LogP contribution in [0.2, 0.25) is 0 Å². The van der Waals surface area contributed by atoms with Crippen LogP contribution >= 0.6 is 15.9 Å². The molecule has 0 saturated heterocycles. The molecule has 1 amide bonds. The Bertz CT molecular complexity index is 2100. The Labute approximate surface area is 259 Å².